The van der Waals surface area contributed by atoms with Crippen LogP contribution in [0.3, 0.4) is 0 Å². The molecule has 0 spiro atoms. The fourth-order valence-corrected chi connectivity index (χ4v) is 4.62. The van der Waals surface area contributed by atoms with Crippen molar-refractivity contribution in [1.29, 1.82) is 0 Å². The van der Waals surface area contributed by atoms with Crippen LogP contribution in [0.15, 0.2) is 28.7 Å². The fourth-order valence-electron chi connectivity index (χ4n) is 2.58. The van der Waals surface area contributed by atoms with Crippen LogP contribution in [-0.4, -0.2) is 62.3 Å². The van der Waals surface area contributed by atoms with Gasteiger partial charge in [0.1, 0.15) is 0 Å². The fraction of sp³-hybridized carbons (Fsp3) is 0.533. The molecule has 0 bridgehead atoms. The van der Waals surface area contributed by atoms with E-state index >= 15 is 0 Å². The van der Waals surface area contributed by atoms with Crippen molar-refractivity contribution in [3.63, 3.8) is 0 Å². The van der Waals surface area contributed by atoms with Crippen LogP contribution in [0.25, 0.3) is 0 Å². The van der Waals surface area contributed by atoms with E-state index in [1.807, 2.05) is 36.2 Å². The molecule has 1 amide bonds. The molecule has 22 heavy (non-hydrogen) atoms. The molecular formula is C15H21BrN2O3S. The van der Waals surface area contributed by atoms with Crippen molar-refractivity contribution in [1.82, 2.24) is 9.80 Å². The molecule has 2 rings (SSSR count). The summed E-state index contributed by atoms with van der Waals surface area (Å²) in [6, 6.07) is 7.79. The first-order valence-electron chi connectivity index (χ1n) is 7.16. The highest BCUT2D eigenvalue weighted by atomic mass is 79.9. The summed E-state index contributed by atoms with van der Waals surface area (Å²) in [5.41, 5.74) is 1.13. The average molecular weight is 389 g/mol. The molecule has 0 aromatic heterocycles. The van der Waals surface area contributed by atoms with E-state index in [1.54, 1.807) is 11.9 Å². The second-order valence-corrected chi connectivity index (χ2v) is 9.00. The first-order valence-corrected chi connectivity index (χ1v) is 9.77. The Bertz CT molecular complexity index is 631. The molecule has 1 heterocycles. The number of hydrogen-bond acceptors (Lipinski definition) is 4. The van der Waals surface area contributed by atoms with Gasteiger partial charge in [-0.15, -0.1) is 0 Å². The van der Waals surface area contributed by atoms with E-state index in [-0.39, 0.29) is 30.0 Å². The van der Waals surface area contributed by atoms with E-state index in [1.165, 1.54) is 0 Å². The predicted molar refractivity (Wildman–Crippen MR) is 90.3 cm³/mol. The lowest BCUT2D eigenvalue weighted by Gasteiger charge is -2.26. The Hall–Kier alpha value is -0.920. The molecule has 1 saturated heterocycles. The van der Waals surface area contributed by atoms with Crippen molar-refractivity contribution < 1.29 is 13.2 Å². The maximum Gasteiger partial charge on any atom is 0.236 e. The Balaban J connectivity index is 1.87. The lowest BCUT2D eigenvalue weighted by Crippen LogP contribution is -2.42. The summed E-state index contributed by atoms with van der Waals surface area (Å²) in [6.45, 7) is 0.957. The number of benzene rings is 1. The van der Waals surface area contributed by atoms with E-state index in [9.17, 15) is 13.2 Å². The zero-order valence-electron chi connectivity index (χ0n) is 12.8. The van der Waals surface area contributed by atoms with Crippen molar-refractivity contribution >= 4 is 31.7 Å². The number of hydrogen-bond donors (Lipinski definition) is 0. The van der Waals surface area contributed by atoms with E-state index in [0.29, 0.717) is 13.0 Å². The molecule has 7 heteroatoms. The van der Waals surface area contributed by atoms with Crippen molar-refractivity contribution in [2.45, 2.75) is 19.0 Å². The van der Waals surface area contributed by atoms with Crippen LogP contribution < -0.4 is 0 Å². The van der Waals surface area contributed by atoms with Gasteiger partial charge in [0.15, 0.2) is 9.84 Å². The summed E-state index contributed by atoms with van der Waals surface area (Å²) < 4.78 is 24.0. The van der Waals surface area contributed by atoms with E-state index in [0.717, 1.165) is 10.0 Å². The minimum Gasteiger partial charge on any atom is -0.341 e. The zero-order chi connectivity index (χ0) is 16.3. The number of sulfone groups is 1. The third-order valence-corrected chi connectivity index (χ3v) is 6.20. The Morgan fingerprint density at radius 1 is 1.27 bits per heavy atom. The Morgan fingerprint density at radius 3 is 2.45 bits per heavy atom. The minimum absolute atomic E-state index is 0.0401. The largest absolute Gasteiger partial charge is 0.341 e. The standard InChI is InChI=1S/C15H21BrN2O3S/c1-17(9-12-3-5-13(16)6-4-12)10-15(19)18(2)14-7-8-22(20,21)11-14/h3-6,14H,7-11H2,1-2H3/t14-/m0/s1. The molecule has 5 nitrogen and oxygen atoms in total. The van der Waals surface area contributed by atoms with Crippen LogP contribution in [-0.2, 0) is 21.2 Å². The number of amides is 1. The summed E-state index contributed by atoms with van der Waals surface area (Å²) in [7, 11) is 0.617. The highest BCUT2D eigenvalue weighted by molar-refractivity contribution is 9.10. The van der Waals surface area contributed by atoms with Gasteiger partial charge in [-0.3, -0.25) is 9.69 Å². The Kier molecular flexibility index (Phi) is 5.63. The van der Waals surface area contributed by atoms with Gasteiger partial charge in [0.05, 0.1) is 18.1 Å². The predicted octanol–water partition coefficient (Wildman–Crippen LogP) is 1.53. The van der Waals surface area contributed by atoms with Crippen molar-refractivity contribution in [2.24, 2.45) is 0 Å². The monoisotopic (exact) mass is 388 g/mol. The molecule has 1 atom stereocenters. The number of carbonyl (C=O) groups is 1. The Labute approximate surface area is 140 Å². The van der Waals surface area contributed by atoms with Crippen molar-refractivity contribution in [3.05, 3.63) is 34.3 Å². The summed E-state index contributed by atoms with van der Waals surface area (Å²) >= 11 is 3.39. The van der Waals surface area contributed by atoms with E-state index in [4.69, 9.17) is 0 Å². The smallest absolute Gasteiger partial charge is 0.236 e. The van der Waals surface area contributed by atoms with Gasteiger partial charge in [-0.25, -0.2) is 8.42 Å². The third kappa shape index (κ3) is 4.79. The molecule has 1 aliphatic heterocycles. The third-order valence-electron chi connectivity index (χ3n) is 3.92. The first kappa shape index (κ1) is 17.4. The van der Waals surface area contributed by atoms with Gasteiger partial charge in [-0.2, -0.15) is 0 Å². The van der Waals surface area contributed by atoms with Crippen LogP contribution in [0.5, 0.6) is 0 Å². The summed E-state index contributed by atoms with van der Waals surface area (Å²) in [5, 5.41) is 0. The number of rotatable bonds is 5. The minimum atomic E-state index is -2.97. The van der Waals surface area contributed by atoms with Crippen molar-refractivity contribution in [3.8, 4) is 0 Å². The molecule has 0 unspecified atom stereocenters. The second-order valence-electron chi connectivity index (χ2n) is 5.86. The van der Waals surface area contributed by atoms with Crippen LogP contribution in [0.1, 0.15) is 12.0 Å². The average Bonchev–Trinajstić information content (AvgIpc) is 2.80. The molecular weight excluding hydrogens is 368 g/mol. The van der Waals surface area contributed by atoms with Gasteiger partial charge in [0.2, 0.25) is 5.91 Å². The summed E-state index contributed by atoms with van der Waals surface area (Å²) in [4.78, 5) is 15.8. The molecule has 0 N–H and O–H groups in total. The normalized spacial score (nSPS) is 20.3. The summed E-state index contributed by atoms with van der Waals surface area (Å²) in [6.07, 6.45) is 0.543. The lowest BCUT2D eigenvalue weighted by atomic mass is 10.2. The number of carbonyl (C=O) groups excluding carboxylic acids is 1. The maximum absolute atomic E-state index is 12.3. The molecule has 1 aromatic rings. The highest BCUT2D eigenvalue weighted by Crippen LogP contribution is 2.17. The topological polar surface area (TPSA) is 57.7 Å². The SMILES string of the molecule is CN(CC(=O)N(C)[C@H]1CCS(=O)(=O)C1)Cc1ccc(Br)cc1. The second kappa shape index (κ2) is 7.10. The quantitative estimate of drug-likeness (QED) is 0.767. The molecule has 122 valence electrons. The van der Waals surface area contributed by atoms with Gasteiger partial charge in [0, 0.05) is 24.1 Å². The van der Waals surface area contributed by atoms with Gasteiger partial charge < -0.3 is 4.90 Å². The molecule has 0 radical (unpaired) electrons. The molecule has 0 saturated carbocycles. The molecule has 0 aliphatic carbocycles. The number of likely N-dealkylation sites (N-methyl/N-ethyl adjacent to an activating group) is 2. The van der Waals surface area contributed by atoms with E-state index < -0.39 is 9.84 Å². The molecule has 1 fully saturated rings. The van der Waals surface area contributed by atoms with Crippen LogP contribution in [0, 0.1) is 0 Å². The first-order chi connectivity index (χ1) is 10.3. The Morgan fingerprint density at radius 2 is 1.91 bits per heavy atom. The molecule has 1 aliphatic rings. The van der Waals surface area contributed by atoms with Gasteiger partial charge >= 0.3 is 0 Å². The number of nitrogens with zero attached hydrogens (tertiary/aromatic N) is 2. The van der Waals surface area contributed by atoms with Gasteiger partial charge in [0.25, 0.3) is 0 Å². The molecule has 1 aromatic carbocycles. The number of halogens is 1. The van der Waals surface area contributed by atoms with Gasteiger partial charge in [-0.1, -0.05) is 28.1 Å². The highest BCUT2D eigenvalue weighted by Gasteiger charge is 2.32. The van der Waals surface area contributed by atoms with Crippen LogP contribution in [0.4, 0.5) is 0 Å². The zero-order valence-corrected chi connectivity index (χ0v) is 15.2. The van der Waals surface area contributed by atoms with Crippen LogP contribution >= 0.6 is 15.9 Å². The van der Waals surface area contributed by atoms with E-state index in [2.05, 4.69) is 15.9 Å². The van der Waals surface area contributed by atoms with Crippen LogP contribution in [0.2, 0.25) is 0 Å². The van der Waals surface area contributed by atoms with Gasteiger partial charge in [-0.05, 0) is 31.2 Å². The lowest BCUT2D eigenvalue weighted by molar-refractivity contribution is -0.132. The maximum atomic E-state index is 12.3. The summed E-state index contributed by atoms with van der Waals surface area (Å²) in [5.74, 6) is 0.233. The van der Waals surface area contributed by atoms with Crippen molar-refractivity contribution in [2.75, 3.05) is 32.1 Å².